The summed E-state index contributed by atoms with van der Waals surface area (Å²) >= 11 is 0. The smallest absolute Gasteiger partial charge is 0.316 e. The lowest BCUT2D eigenvalue weighted by atomic mass is 9.76. The highest BCUT2D eigenvalue weighted by atomic mass is 16.7. The predicted molar refractivity (Wildman–Crippen MR) is 201 cm³/mol. The predicted octanol–water partition coefficient (Wildman–Crippen LogP) is 3.88. The van der Waals surface area contributed by atoms with Crippen LogP contribution in [0.1, 0.15) is 86.6 Å². The summed E-state index contributed by atoms with van der Waals surface area (Å²) in [5, 5.41) is 28.2. The lowest BCUT2D eigenvalue weighted by Gasteiger charge is -2.47. The number of aliphatic hydroxyl groups excluding tert-OH is 1. The fraction of sp³-hybridized carbons (Fsp3) is 0.725. The van der Waals surface area contributed by atoms with Crippen molar-refractivity contribution in [1.82, 2.24) is 4.90 Å². The number of hydrogen-bond donors (Lipinski definition) is 2. The van der Waals surface area contributed by atoms with E-state index < -0.39 is 77.3 Å². The molecule has 3 fully saturated rings. The Kier molecular flexibility index (Phi) is 15.1. The van der Waals surface area contributed by atoms with E-state index in [-0.39, 0.29) is 51.2 Å². The van der Waals surface area contributed by atoms with Gasteiger partial charge < -0.3 is 43.6 Å². The lowest BCUT2D eigenvalue weighted by Crippen LogP contribution is -2.59. The molecule has 302 valence electrons. The molecule has 3 aliphatic rings. The van der Waals surface area contributed by atoms with Crippen molar-refractivity contribution in [2.75, 3.05) is 27.3 Å². The van der Waals surface area contributed by atoms with Crippen LogP contribution in [0.4, 0.5) is 0 Å². The van der Waals surface area contributed by atoms with Gasteiger partial charge in [-0.2, -0.15) is 0 Å². The first-order valence-electron chi connectivity index (χ1n) is 19.0. The van der Waals surface area contributed by atoms with Crippen molar-refractivity contribution >= 4 is 29.1 Å². The number of aliphatic imine (C=N–C) groups is 1. The van der Waals surface area contributed by atoms with E-state index in [9.17, 15) is 24.6 Å². The van der Waals surface area contributed by atoms with Crippen LogP contribution in [0, 0.1) is 17.8 Å². The van der Waals surface area contributed by atoms with Gasteiger partial charge in [-0.05, 0) is 72.5 Å². The van der Waals surface area contributed by atoms with Crippen LogP contribution in [-0.2, 0) is 49.5 Å². The number of benzene rings is 1. The van der Waals surface area contributed by atoms with E-state index in [1.165, 1.54) is 20.8 Å². The lowest BCUT2D eigenvalue weighted by molar-refractivity contribution is -0.296. The molecule has 4 rings (SSSR count). The Morgan fingerprint density at radius 3 is 2.39 bits per heavy atom. The highest BCUT2D eigenvalue weighted by molar-refractivity contribution is 6.00. The van der Waals surface area contributed by atoms with Crippen molar-refractivity contribution in [2.45, 2.75) is 142 Å². The molecule has 54 heavy (non-hydrogen) atoms. The average Bonchev–Trinajstić information content (AvgIpc) is 3.14. The highest BCUT2D eigenvalue weighted by Gasteiger charge is 2.51. The zero-order valence-electron chi connectivity index (χ0n) is 33.5. The van der Waals surface area contributed by atoms with E-state index in [0.717, 1.165) is 5.56 Å². The van der Waals surface area contributed by atoms with Crippen LogP contribution in [0.2, 0.25) is 0 Å². The first-order chi connectivity index (χ1) is 25.4. The van der Waals surface area contributed by atoms with Gasteiger partial charge in [0.15, 0.2) is 12.1 Å². The normalized spacial score (nSPS) is 39.1. The van der Waals surface area contributed by atoms with Crippen molar-refractivity contribution < 1.29 is 53.1 Å². The summed E-state index contributed by atoms with van der Waals surface area (Å²) < 4.78 is 32.1. The van der Waals surface area contributed by atoms with E-state index in [4.69, 9.17) is 28.5 Å². The van der Waals surface area contributed by atoms with E-state index >= 15 is 0 Å². The standard InChI is InChI=1S/C40H61N3O11/c1-11-32-40(8,48)33-18-30(41-27(6)44)23(2)19-39(7,50-22-29(21-49-33)42-51-20-28-15-13-12-14-16-28)36(25(4)34(45)26(5)37(47)53-32)54-38-35(46)31(43(9)10)17-24(3)52-38/h12-16,23-26,31-33,35-36,38,46,48H,11,17-22H2,1-10H3/b41-30?,42-29-/t23-,24-,25+,26-,31+,32+,33+,35-,36-,38+,39-,40-/m1/s1. The van der Waals surface area contributed by atoms with Gasteiger partial charge in [0, 0.05) is 31.0 Å². The van der Waals surface area contributed by atoms with Gasteiger partial charge >= 0.3 is 5.97 Å². The van der Waals surface area contributed by atoms with Crippen LogP contribution < -0.4 is 0 Å². The van der Waals surface area contributed by atoms with E-state index in [2.05, 4.69) is 10.1 Å². The Morgan fingerprint density at radius 1 is 1.07 bits per heavy atom. The molecule has 2 N–H and O–H groups in total. The molecule has 14 heteroatoms. The fourth-order valence-electron chi connectivity index (χ4n) is 7.79. The summed E-state index contributed by atoms with van der Waals surface area (Å²) in [5.41, 5.74) is -1.51. The summed E-state index contributed by atoms with van der Waals surface area (Å²) in [4.78, 5) is 52.8. The van der Waals surface area contributed by atoms with Gasteiger partial charge in [0.05, 0.1) is 37.1 Å². The quantitative estimate of drug-likeness (QED) is 0.234. The molecule has 3 heterocycles. The Bertz CT molecular complexity index is 1500. The van der Waals surface area contributed by atoms with Gasteiger partial charge in [0.2, 0.25) is 5.91 Å². The molecule has 14 nitrogen and oxygen atoms in total. The third-order valence-corrected chi connectivity index (χ3v) is 11.0. The van der Waals surface area contributed by atoms with Crippen molar-refractivity contribution in [3.8, 4) is 0 Å². The largest absolute Gasteiger partial charge is 0.459 e. The van der Waals surface area contributed by atoms with Crippen molar-refractivity contribution in [3.05, 3.63) is 35.9 Å². The van der Waals surface area contributed by atoms with Gasteiger partial charge in [-0.1, -0.05) is 56.3 Å². The third kappa shape index (κ3) is 10.6. The maximum absolute atomic E-state index is 14.4. The number of carbonyl (C=O) groups excluding carboxylic acids is 3. The number of rotatable bonds is 7. The summed E-state index contributed by atoms with van der Waals surface area (Å²) in [6.45, 7) is 13.2. The highest BCUT2D eigenvalue weighted by Crippen LogP contribution is 2.39. The minimum absolute atomic E-state index is 0.00191. The number of ether oxygens (including phenoxy) is 5. The number of aliphatic hydroxyl groups is 2. The zero-order valence-corrected chi connectivity index (χ0v) is 33.5. The molecule has 3 saturated heterocycles. The van der Waals surface area contributed by atoms with Gasteiger partial charge in [0.1, 0.15) is 36.0 Å². The minimum atomic E-state index is -1.80. The molecular weight excluding hydrogens is 698 g/mol. The summed E-state index contributed by atoms with van der Waals surface area (Å²) in [6.07, 6.45) is -4.86. The van der Waals surface area contributed by atoms with E-state index in [0.29, 0.717) is 17.8 Å². The SMILES string of the molecule is CC[C@@H]1OC(=O)[C@H](C)C(=O)[C@H](C)[C@@H](O[C@@H]2O[C@H](C)C[C@H](N(C)C)[C@H]2O)[C@@]2(C)C[C@@H](C)C(=NC(C)=O)C[C@H](OC/C(=N/OCc3ccccc3)CO2)[C@]1(C)O. The van der Waals surface area contributed by atoms with Gasteiger partial charge in [-0.25, -0.2) is 4.99 Å². The molecule has 0 saturated carbocycles. The number of fused-ring (bicyclic) bond motifs is 5. The maximum atomic E-state index is 14.4. The topological polar surface area (TPSA) is 175 Å². The molecule has 2 bridgehead atoms. The summed E-state index contributed by atoms with van der Waals surface area (Å²) in [7, 11) is 3.74. The zero-order chi connectivity index (χ0) is 40.0. The molecule has 1 aromatic carbocycles. The molecule has 0 aromatic heterocycles. The van der Waals surface area contributed by atoms with Crippen molar-refractivity contribution in [3.63, 3.8) is 0 Å². The molecule has 1 aromatic rings. The second-order valence-electron chi connectivity index (χ2n) is 15.9. The monoisotopic (exact) mass is 759 g/mol. The molecule has 0 spiro atoms. The number of oxime groups is 1. The number of Topliss-reactive ketones (excluding diaryl/α,β-unsaturated/α-hetero) is 1. The molecule has 1 amide bonds. The average molecular weight is 760 g/mol. The first kappa shape index (κ1) is 43.6. The van der Waals surface area contributed by atoms with Crippen LogP contribution in [0.25, 0.3) is 0 Å². The fourth-order valence-corrected chi connectivity index (χ4v) is 7.79. The number of cyclic esters (lactones) is 1. The van der Waals surface area contributed by atoms with Gasteiger partial charge in [-0.15, -0.1) is 0 Å². The molecule has 0 aliphatic carbocycles. The van der Waals surface area contributed by atoms with Gasteiger partial charge in [0.25, 0.3) is 0 Å². The summed E-state index contributed by atoms with van der Waals surface area (Å²) in [6, 6.07) is 9.20. The molecule has 3 aliphatic heterocycles. The van der Waals surface area contributed by atoms with E-state index in [1.54, 1.807) is 20.8 Å². The Labute approximate surface area is 319 Å². The molecule has 12 atom stereocenters. The molecule has 0 unspecified atom stereocenters. The molecule has 0 radical (unpaired) electrons. The van der Waals surface area contributed by atoms with Crippen LogP contribution >= 0.6 is 0 Å². The number of likely N-dealkylation sites (N-methyl/N-ethyl adjacent to an activating group) is 1. The molecular formula is C40H61N3O11. The maximum Gasteiger partial charge on any atom is 0.316 e. The number of amides is 1. The number of ketones is 1. The third-order valence-electron chi connectivity index (χ3n) is 11.0. The van der Waals surface area contributed by atoms with Crippen LogP contribution in [0.3, 0.4) is 0 Å². The van der Waals surface area contributed by atoms with Crippen LogP contribution in [-0.4, -0.2) is 126 Å². The second-order valence-corrected chi connectivity index (χ2v) is 15.9. The first-order valence-corrected chi connectivity index (χ1v) is 19.0. The Balaban J connectivity index is 1.90. The number of nitrogens with zero attached hydrogens (tertiary/aromatic N) is 3. The Hall–Kier alpha value is -3.11. The second kappa shape index (κ2) is 18.7. The summed E-state index contributed by atoms with van der Waals surface area (Å²) in [5.74, 6) is -4.47. The van der Waals surface area contributed by atoms with Crippen molar-refractivity contribution in [1.29, 1.82) is 0 Å². The van der Waals surface area contributed by atoms with Gasteiger partial charge in [-0.3, -0.25) is 14.4 Å². The van der Waals surface area contributed by atoms with Crippen LogP contribution in [0.5, 0.6) is 0 Å². The van der Waals surface area contributed by atoms with Crippen LogP contribution in [0.15, 0.2) is 40.5 Å². The number of esters is 1. The minimum Gasteiger partial charge on any atom is -0.459 e. The van der Waals surface area contributed by atoms with Crippen molar-refractivity contribution in [2.24, 2.45) is 27.9 Å². The number of hydrogen-bond acceptors (Lipinski definition) is 13. The Morgan fingerprint density at radius 2 is 1.76 bits per heavy atom. The van der Waals surface area contributed by atoms with E-state index in [1.807, 2.05) is 63.2 Å². The number of carbonyl (C=O) groups is 3.